The summed E-state index contributed by atoms with van der Waals surface area (Å²) >= 11 is 0. The number of nitrogen functional groups attached to an aromatic ring is 1. The molecule has 156 valence electrons. The predicted molar refractivity (Wildman–Crippen MR) is 117 cm³/mol. The number of fused-ring (bicyclic) bond motifs is 1. The maximum absolute atomic E-state index is 5.69. The Morgan fingerprint density at radius 2 is 1.72 bits per heavy atom. The summed E-state index contributed by atoms with van der Waals surface area (Å²) in [4.78, 5) is 17.1. The number of aryl methyl sites for hydroxylation is 1. The molecule has 3 saturated carbocycles. The fraction of sp³-hybridized carbons (Fsp3) is 0.652. The Morgan fingerprint density at radius 3 is 2.38 bits per heavy atom. The molecule has 3 heterocycles. The van der Waals surface area contributed by atoms with Crippen LogP contribution in [0.2, 0.25) is 0 Å². The lowest BCUT2D eigenvalue weighted by atomic mass is 10.1. The minimum Gasteiger partial charge on any atom is -0.383 e. The first-order valence-corrected chi connectivity index (χ1v) is 11.3. The van der Waals surface area contributed by atoms with E-state index in [1.165, 1.54) is 51.9 Å². The van der Waals surface area contributed by atoms with Gasteiger partial charge in [-0.3, -0.25) is 4.90 Å². The first-order chi connectivity index (χ1) is 14.1. The number of nitrogens with two attached hydrogens (primary N) is 1. The van der Waals surface area contributed by atoms with Crippen molar-refractivity contribution in [3.8, 4) is 11.3 Å². The maximum Gasteiger partial charge on any atom is 0.126 e. The third kappa shape index (κ3) is 4.33. The van der Waals surface area contributed by atoms with Crippen LogP contribution in [0.15, 0.2) is 18.5 Å². The number of hydrogen-bond donors (Lipinski definition) is 2. The number of piperazine rings is 1. The standard InChI is InChI=1S/C12H14N4.C11H20N2/c1-7-4-9(5-14-11(7)13)10-6-15-12(16-10)8-2-3-8;1-12-2-4-13(5-3-12)11-7-9-6-10(9)8-11/h4-6,8H,2-3H2,1H3,(H2,13,14)(H,15,16);9-11H,2-8H2,1H3. The highest BCUT2D eigenvalue weighted by Gasteiger charge is 2.47. The van der Waals surface area contributed by atoms with Crippen molar-refractivity contribution in [2.45, 2.75) is 51.0 Å². The van der Waals surface area contributed by atoms with Gasteiger partial charge < -0.3 is 15.6 Å². The van der Waals surface area contributed by atoms with Crippen molar-refractivity contribution in [2.24, 2.45) is 11.8 Å². The van der Waals surface area contributed by atoms with E-state index in [0.717, 1.165) is 40.5 Å². The van der Waals surface area contributed by atoms with Gasteiger partial charge in [0, 0.05) is 49.9 Å². The smallest absolute Gasteiger partial charge is 0.126 e. The Kier molecular flexibility index (Phi) is 5.08. The molecule has 0 spiro atoms. The highest BCUT2D eigenvalue weighted by atomic mass is 15.3. The molecule has 0 amide bonds. The van der Waals surface area contributed by atoms with Crippen molar-refractivity contribution in [1.29, 1.82) is 0 Å². The molecular weight excluding hydrogens is 360 g/mol. The minimum absolute atomic E-state index is 0.589. The van der Waals surface area contributed by atoms with E-state index in [9.17, 15) is 0 Å². The van der Waals surface area contributed by atoms with Crippen LogP contribution in [0.4, 0.5) is 5.82 Å². The molecule has 29 heavy (non-hydrogen) atoms. The van der Waals surface area contributed by atoms with Crippen molar-refractivity contribution in [2.75, 3.05) is 39.0 Å². The number of imidazole rings is 1. The monoisotopic (exact) mass is 394 g/mol. The van der Waals surface area contributed by atoms with Crippen LogP contribution in [0.25, 0.3) is 11.3 Å². The average Bonchev–Trinajstić information content (AvgIpc) is 3.62. The van der Waals surface area contributed by atoms with Gasteiger partial charge in [0.15, 0.2) is 0 Å². The Hall–Kier alpha value is -1.92. The van der Waals surface area contributed by atoms with Crippen LogP contribution in [0.1, 0.15) is 49.4 Å². The van der Waals surface area contributed by atoms with E-state index in [-0.39, 0.29) is 0 Å². The van der Waals surface area contributed by atoms with Gasteiger partial charge in [-0.25, -0.2) is 9.97 Å². The molecule has 1 saturated heterocycles. The van der Waals surface area contributed by atoms with Crippen molar-refractivity contribution >= 4 is 5.82 Å². The zero-order valence-electron chi connectivity index (χ0n) is 17.8. The molecule has 3 aliphatic carbocycles. The van der Waals surface area contributed by atoms with Crippen LogP contribution < -0.4 is 5.73 Å². The largest absolute Gasteiger partial charge is 0.383 e. The van der Waals surface area contributed by atoms with Crippen LogP contribution in [0.3, 0.4) is 0 Å². The van der Waals surface area contributed by atoms with Crippen LogP contribution in [-0.4, -0.2) is 64.0 Å². The van der Waals surface area contributed by atoms with E-state index in [1.807, 2.05) is 19.2 Å². The van der Waals surface area contributed by atoms with E-state index < -0.39 is 0 Å². The Morgan fingerprint density at radius 1 is 1.00 bits per heavy atom. The van der Waals surface area contributed by atoms with Crippen LogP contribution in [0.5, 0.6) is 0 Å². The normalized spacial score (nSPS) is 29.2. The minimum atomic E-state index is 0.589. The number of nitrogens with zero attached hydrogens (tertiary/aromatic N) is 4. The first kappa shape index (κ1) is 19.1. The molecule has 0 radical (unpaired) electrons. The molecule has 2 aromatic rings. The van der Waals surface area contributed by atoms with Crippen molar-refractivity contribution < 1.29 is 0 Å². The van der Waals surface area contributed by atoms with Crippen LogP contribution in [0, 0.1) is 18.8 Å². The second-order valence-electron chi connectivity index (χ2n) is 9.60. The van der Waals surface area contributed by atoms with Gasteiger partial charge in [-0.05, 0) is 69.5 Å². The summed E-state index contributed by atoms with van der Waals surface area (Å²) in [6.45, 7) is 7.17. The second-order valence-corrected chi connectivity index (χ2v) is 9.60. The molecule has 0 bridgehead atoms. The SMILES string of the molecule is CN1CCN(C2CC3CC3C2)CC1.Cc1cc(-c2cnc(C3CC3)[nH]2)cnc1N. The Bertz CT molecular complexity index is 839. The molecule has 1 aliphatic heterocycles. The van der Waals surface area contributed by atoms with Crippen molar-refractivity contribution in [3.05, 3.63) is 29.8 Å². The number of hydrogen-bond acceptors (Lipinski definition) is 5. The first-order valence-electron chi connectivity index (χ1n) is 11.3. The predicted octanol–water partition coefficient (Wildman–Crippen LogP) is 3.27. The van der Waals surface area contributed by atoms with Gasteiger partial charge in [-0.15, -0.1) is 0 Å². The number of rotatable bonds is 3. The van der Waals surface area contributed by atoms with Gasteiger partial charge in [0.2, 0.25) is 0 Å². The third-order valence-electron chi connectivity index (χ3n) is 7.26. The fourth-order valence-electron chi connectivity index (χ4n) is 4.95. The molecule has 2 unspecified atom stereocenters. The summed E-state index contributed by atoms with van der Waals surface area (Å²) in [7, 11) is 2.24. The summed E-state index contributed by atoms with van der Waals surface area (Å²) in [5.41, 5.74) is 8.77. The van der Waals surface area contributed by atoms with E-state index in [0.29, 0.717) is 11.7 Å². The van der Waals surface area contributed by atoms with Crippen molar-refractivity contribution in [1.82, 2.24) is 24.8 Å². The maximum atomic E-state index is 5.69. The molecule has 4 aliphatic rings. The second kappa shape index (κ2) is 7.73. The zero-order chi connectivity index (χ0) is 20.0. The molecule has 6 nitrogen and oxygen atoms in total. The van der Waals surface area contributed by atoms with Gasteiger partial charge in [0.25, 0.3) is 0 Å². The summed E-state index contributed by atoms with van der Waals surface area (Å²) in [6.07, 6.45) is 10.8. The van der Waals surface area contributed by atoms with Crippen LogP contribution >= 0.6 is 0 Å². The number of anilines is 1. The number of nitrogens with one attached hydrogen (secondary N) is 1. The lowest BCUT2D eigenvalue weighted by Crippen LogP contribution is -2.48. The number of H-pyrrole nitrogens is 1. The number of pyridine rings is 1. The molecule has 0 aromatic carbocycles. The number of aromatic amines is 1. The highest BCUT2D eigenvalue weighted by molar-refractivity contribution is 5.61. The van der Waals surface area contributed by atoms with Gasteiger partial charge in [-0.1, -0.05) is 0 Å². The highest BCUT2D eigenvalue weighted by Crippen LogP contribution is 2.53. The average molecular weight is 395 g/mol. The van der Waals surface area contributed by atoms with Crippen LogP contribution in [-0.2, 0) is 0 Å². The Labute approximate surface area is 173 Å². The lowest BCUT2D eigenvalue weighted by Gasteiger charge is -2.37. The molecule has 6 heteroatoms. The van der Waals surface area contributed by atoms with Gasteiger partial charge in [0.1, 0.15) is 11.6 Å². The molecule has 2 aromatic heterocycles. The number of likely N-dealkylation sites (N-methyl/N-ethyl adjacent to an activating group) is 1. The fourth-order valence-corrected chi connectivity index (χ4v) is 4.95. The van der Waals surface area contributed by atoms with Crippen molar-refractivity contribution in [3.63, 3.8) is 0 Å². The summed E-state index contributed by atoms with van der Waals surface area (Å²) in [5.74, 6) is 4.63. The van der Waals surface area contributed by atoms with Gasteiger partial charge >= 0.3 is 0 Å². The molecule has 3 N–H and O–H groups in total. The summed E-state index contributed by atoms with van der Waals surface area (Å²) in [6, 6.07) is 3.00. The molecule has 6 rings (SSSR count). The zero-order valence-corrected chi connectivity index (χ0v) is 17.8. The quantitative estimate of drug-likeness (QED) is 0.836. The van der Waals surface area contributed by atoms with E-state index >= 15 is 0 Å². The van der Waals surface area contributed by atoms with E-state index in [1.54, 1.807) is 12.6 Å². The Balaban J connectivity index is 0.000000128. The molecular formula is C23H34N6. The van der Waals surface area contributed by atoms with Gasteiger partial charge in [-0.2, -0.15) is 0 Å². The number of aromatic nitrogens is 3. The van der Waals surface area contributed by atoms with Gasteiger partial charge in [0.05, 0.1) is 11.9 Å². The molecule has 4 fully saturated rings. The van der Waals surface area contributed by atoms with E-state index in [4.69, 9.17) is 5.73 Å². The van der Waals surface area contributed by atoms with E-state index in [2.05, 4.69) is 31.8 Å². The summed E-state index contributed by atoms with van der Waals surface area (Å²) in [5, 5.41) is 0. The third-order valence-corrected chi connectivity index (χ3v) is 7.26. The molecule has 2 atom stereocenters. The summed E-state index contributed by atoms with van der Waals surface area (Å²) < 4.78 is 0. The lowest BCUT2D eigenvalue weighted by molar-refractivity contribution is 0.108. The topological polar surface area (TPSA) is 74.1 Å².